The summed E-state index contributed by atoms with van der Waals surface area (Å²) in [6, 6.07) is 6.50. The second kappa shape index (κ2) is 6.66. The summed E-state index contributed by atoms with van der Waals surface area (Å²) in [4.78, 5) is 14.2. The predicted octanol–water partition coefficient (Wildman–Crippen LogP) is 2.10. The number of likely N-dealkylation sites (tertiary alicyclic amines) is 1. The van der Waals surface area contributed by atoms with Gasteiger partial charge in [-0.2, -0.15) is 0 Å². The summed E-state index contributed by atoms with van der Waals surface area (Å²) in [5, 5.41) is 0. The van der Waals surface area contributed by atoms with Crippen molar-refractivity contribution >= 4 is 5.91 Å². The molecule has 1 atom stereocenters. The first-order valence-electron chi connectivity index (χ1n) is 6.94. The summed E-state index contributed by atoms with van der Waals surface area (Å²) in [6.45, 7) is 1.52. The van der Waals surface area contributed by atoms with Gasteiger partial charge in [0.1, 0.15) is 5.82 Å². The average molecular weight is 264 g/mol. The topological polar surface area (TPSA) is 46.3 Å². The first-order valence-corrected chi connectivity index (χ1v) is 6.94. The third-order valence-electron chi connectivity index (χ3n) is 3.71. The van der Waals surface area contributed by atoms with Crippen LogP contribution >= 0.6 is 0 Å². The molecular weight excluding hydrogens is 243 g/mol. The van der Waals surface area contributed by atoms with Crippen LogP contribution < -0.4 is 5.73 Å². The molecule has 104 valence electrons. The van der Waals surface area contributed by atoms with Gasteiger partial charge >= 0.3 is 0 Å². The predicted molar refractivity (Wildman–Crippen MR) is 73.1 cm³/mol. The van der Waals surface area contributed by atoms with Gasteiger partial charge in [-0.3, -0.25) is 4.79 Å². The van der Waals surface area contributed by atoms with Gasteiger partial charge in [0, 0.05) is 12.6 Å². The van der Waals surface area contributed by atoms with Gasteiger partial charge in [-0.15, -0.1) is 0 Å². The van der Waals surface area contributed by atoms with Crippen LogP contribution in [0.5, 0.6) is 0 Å². The van der Waals surface area contributed by atoms with E-state index < -0.39 is 0 Å². The fourth-order valence-electron chi connectivity index (χ4n) is 2.70. The third-order valence-corrected chi connectivity index (χ3v) is 3.71. The van der Waals surface area contributed by atoms with E-state index in [9.17, 15) is 9.18 Å². The summed E-state index contributed by atoms with van der Waals surface area (Å²) < 4.78 is 12.8. The number of nitrogens with two attached hydrogens (primary N) is 1. The van der Waals surface area contributed by atoms with Crippen molar-refractivity contribution < 1.29 is 9.18 Å². The van der Waals surface area contributed by atoms with E-state index in [1.54, 1.807) is 12.1 Å². The van der Waals surface area contributed by atoms with Gasteiger partial charge in [-0.25, -0.2) is 4.39 Å². The molecular formula is C15H21FN2O. The van der Waals surface area contributed by atoms with Crippen molar-refractivity contribution in [3.05, 3.63) is 35.6 Å². The molecule has 1 aromatic carbocycles. The fourth-order valence-corrected chi connectivity index (χ4v) is 2.70. The Balaban J connectivity index is 1.93. The number of halogens is 1. The van der Waals surface area contributed by atoms with Crippen LogP contribution in [0.25, 0.3) is 0 Å². The molecule has 0 aromatic heterocycles. The molecule has 1 aliphatic heterocycles. The summed E-state index contributed by atoms with van der Waals surface area (Å²) in [7, 11) is 0. The number of carbonyl (C=O) groups excluding carboxylic acids is 1. The van der Waals surface area contributed by atoms with E-state index in [0.717, 1.165) is 37.8 Å². The molecule has 0 radical (unpaired) electrons. The molecule has 0 aliphatic carbocycles. The monoisotopic (exact) mass is 264 g/mol. The van der Waals surface area contributed by atoms with E-state index in [1.807, 2.05) is 4.90 Å². The highest BCUT2D eigenvalue weighted by atomic mass is 19.1. The zero-order valence-corrected chi connectivity index (χ0v) is 11.1. The molecule has 4 heteroatoms. The van der Waals surface area contributed by atoms with E-state index in [-0.39, 0.29) is 11.7 Å². The van der Waals surface area contributed by atoms with E-state index in [4.69, 9.17) is 5.73 Å². The van der Waals surface area contributed by atoms with Crippen LogP contribution in [0.2, 0.25) is 0 Å². The van der Waals surface area contributed by atoms with Crippen molar-refractivity contribution in [1.82, 2.24) is 4.90 Å². The highest BCUT2D eigenvalue weighted by Crippen LogP contribution is 2.22. The second-order valence-corrected chi connectivity index (χ2v) is 5.12. The summed E-state index contributed by atoms with van der Waals surface area (Å²) in [5.41, 5.74) is 6.40. The molecule has 1 amide bonds. The Labute approximate surface area is 113 Å². The van der Waals surface area contributed by atoms with Gasteiger partial charge in [-0.1, -0.05) is 12.1 Å². The van der Waals surface area contributed by atoms with Crippen molar-refractivity contribution in [2.24, 2.45) is 5.73 Å². The number of hydrogen-bond donors (Lipinski definition) is 1. The first kappa shape index (κ1) is 14.0. The van der Waals surface area contributed by atoms with Crippen LogP contribution in [0.3, 0.4) is 0 Å². The molecule has 19 heavy (non-hydrogen) atoms. The zero-order valence-electron chi connectivity index (χ0n) is 11.1. The Morgan fingerprint density at radius 2 is 2.11 bits per heavy atom. The zero-order chi connectivity index (χ0) is 13.7. The number of benzene rings is 1. The number of rotatable bonds is 5. The molecule has 1 aromatic rings. The maximum absolute atomic E-state index is 12.8. The number of carbonyl (C=O) groups is 1. The highest BCUT2D eigenvalue weighted by molar-refractivity contribution is 5.79. The van der Waals surface area contributed by atoms with Crippen molar-refractivity contribution in [1.29, 1.82) is 0 Å². The molecule has 0 spiro atoms. The lowest BCUT2D eigenvalue weighted by Crippen LogP contribution is -2.36. The van der Waals surface area contributed by atoms with Crippen LogP contribution in [0.1, 0.15) is 31.2 Å². The van der Waals surface area contributed by atoms with E-state index in [0.29, 0.717) is 19.0 Å². The SMILES string of the molecule is NCCCC1CCCN1C(=O)Cc1ccc(F)cc1. The fraction of sp³-hybridized carbons (Fsp3) is 0.533. The van der Waals surface area contributed by atoms with Crippen LogP contribution in [0.15, 0.2) is 24.3 Å². The Kier molecular flexibility index (Phi) is 4.91. The Morgan fingerprint density at radius 3 is 2.79 bits per heavy atom. The molecule has 2 N–H and O–H groups in total. The molecule has 0 bridgehead atoms. The highest BCUT2D eigenvalue weighted by Gasteiger charge is 2.27. The minimum absolute atomic E-state index is 0.145. The number of amides is 1. The maximum atomic E-state index is 12.8. The van der Waals surface area contributed by atoms with Crippen molar-refractivity contribution in [2.75, 3.05) is 13.1 Å². The van der Waals surface area contributed by atoms with Crippen LogP contribution in [0.4, 0.5) is 4.39 Å². The quantitative estimate of drug-likeness (QED) is 0.885. The average Bonchev–Trinajstić information content (AvgIpc) is 2.87. The van der Waals surface area contributed by atoms with Crippen molar-refractivity contribution in [3.63, 3.8) is 0 Å². The Hall–Kier alpha value is -1.42. The lowest BCUT2D eigenvalue weighted by atomic mass is 10.1. The minimum Gasteiger partial charge on any atom is -0.339 e. The van der Waals surface area contributed by atoms with Crippen molar-refractivity contribution in [2.45, 2.75) is 38.1 Å². The number of hydrogen-bond acceptors (Lipinski definition) is 2. The molecule has 1 heterocycles. The standard InChI is InChI=1S/C15H21FN2O/c16-13-7-5-12(6-8-13)11-15(19)18-10-2-4-14(18)3-1-9-17/h5-8,14H,1-4,9-11,17H2. The van der Waals surface area contributed by atoms with Gasteiger partial charge < -0.3 is 10.6 Å². The van der Waals surface area contributed by atoms with Gasteiger partial charge in [0.25, 0.3) is 0 Å². The normalized spacial score (nSPS) is 18.8. The molecule has 3 nitrogen and oxygen atoms in total. The first-order chi connectivity index (χ1) is 9.20. The van der Waals surface area contributed by atoms with Crippen LogP contribution in [0, 0.1) is 5.82 Å². The summed E-state index contributed by atoms with van der Waals surface area (Å²) >= 11 is 0. The van der Waals surface area contributed by atoms with Crippen LogP contribution in [-0.2, 0) is 11.2 Å². The van der Waals surface area contributed by atoms with Crippen molar-refractivity contribution in [3.8, 4) is 0 Å². The molecule has 2 rings (SSSR count). The van der Waals surface area contributed by atoms with Crippen LogP contribution in [-0.4, -0.2) is 29.9 Å². The van der Waals surface area contributed by atoms with Gasteiger partial charge in [0.05, 0.1) is 6.42 Å². The molecule has 1 unspecified atom stereocenters. The van der Waals surface area contributed by atoms with E-state index in [1.165, 1.54) is 12.1 Å². The molecule has 0 saturated carbocycles. The minimum atomic E-state index is -0.266. The van der Waals surface area contributed by atoms with Gasteiger partial charge in [0.15, 0.2) is 0 Å². The van der Waals surface area contributed by atoms with E-state index >= 15 is 0 Å². The lowest BCUT2D eigenvalue weighted by Gasteiger charge is -2.24. The number of nitrogens with zero attached hydrogens (tertiary/aromatic N) is 1. The van der Waals surface area contributed by atoms with Gasteiger partial charge in [-0.05, 0) is 49.9 Å². The Morgan fingerprint density at radius 1 is 1.37 bits per heavy atom. The largest absolute Gasteiger partial charge is 0.339 e. The molecule has 1 saturated heterocycles. The lowest BCUT2D eigenvalue weighted by molar-refractivity contribution is -0.131. The summed E-state index contributed by atoms with van der Waals surface area (Å²) in [5.74, 6) is -0.121. The third kappa shape index (κ3) is 3.77. The maximum Gasteiger partial charge on any atom is 0.227 e. The van der Waals surface area contributed by atoms with Gasteiger partial charge in [0.2, 0.25) is 5.91 Å². The molecule has 1 aliphatic rings. The summed E-state index contributed by atoms with van der Waals surface area (Å²) in [6.07, 6.45) is 4.47. The Bertz CT molecular complexity index is 419. The molecule has 1 fully saturated rings. The second-order valence-electron chi connectivity index (χ2n) is 5.12. The smallest absolute Gasteiger partial charge is 0.227 e. The van der Waals surface area contributed by atoms with E-state index in [2.05, 4.69) is 0 Å².